The number of halogens is 1. The van der Waals surface area contributed by atoms with Gasteiger partial charge in [-0.25, -0.2) is 8.42 Å². The van der Waals surface area contributed by atoms with Gasteiger partial charge in [-0.3, -0.25) is 10.1 Å². The van der Waals surface area contributed by atoms with E-state index in [9.17, 15) is 18.5 Å². The van der Waals surface area contributed by atoms with Gasteiger partial charge in [-0.1, -0.05) is 11.6 Å². The number of hydrogen-bond donors (Lipinski definition) is 1. The molecule has 1 N–H and O–H groups in total. The molecular weight excluding hydrogens is 306 g/mol. The van der Waals surface area contributed by atoms with Crippen molar-refractivity contribution in [1.29, 1.82) is 0 Å². The number of nitro groups is 1. The summed E-state index contributed by atoms with van der Waals surface area (Å²) in [5, 5.41) is 13.8. The monoisotopic (exact) mass is 319 g/mol. The molecule has 0 radical (unpaired) electrons. The molecule has 0 unspecified atom stereocenters. The van der Waals surface area contributed by atoms with Crippen molar-refractivity contribution >= 4 is 27.3 Å². The molecule has 9 heteroatoms. The van der Waals surface area contributed by atoms with E-state index in [1.807, 2.05) is 0 Å². The molecule has 1 aliphatic heterocycles. The van der Waals surface area contributed by atoms with E-state index < -0.39 is 14.9 Å². The molecule has 20 heavy (non-hydrogen) atoms. The van der Waals surface area contributed by atoms with Crippen LogP contribution >= 0.6 is 11.6 Å². The summed E-state index contributed by atoms with van der Waals surface area (Å²) >= 11 is 5.91. The second kappa shape index (κ2) is 5.65. The van der Waals surface area contributed by atoms with Gasteiger partial charge < -0.3 is 5.32 Å². The lowest BCUT2D eigenvalue weighted by molar-refractivity contribution is -0.385. The Morgan fingerprint density at radius 2 is 2.20 bits per heavy atom. The van der Waals surface area contributed by atoms with E-state index in [1.165, 1.54) is 16.4 Å². The van der Waals surface area contributed by atoms with E-state index in [0.29, 0.717) is 19.6 Å². The third kappa shape index (κ3) is 2.78. The highest BCUT2D eigenvalue weighted by Gasteiger charge is 2.33. The lowest BCUT2D eigenvalue weighted by Crippen LogP contribution is -2.52. The van der Waals surface area contributed by atoms with Gasteiger partial charge in [-0.05, 0) is 13.0 Å². The molecule has 1 atom stereocenters. The van der Waals surface area contributed by atoms with Crippen molar-refractivity contribution in [2.45, 2.75) is 17.9 Å². The molecule has 1 heterocycles. The molecule has 0 amide bonds. The summed E-state index contributed by atoms with van der Waals surface area (Å²) in [7, 11) is -3.84. The van der Waals surface area contributed by atoms with Crippen LogP contribution in [0, 0.1) is 10.1 Å². The molecule has 0 aromatic heterocycles. The number of hydrogen-bond acceptors (Lipinski definition) is 5. The molecule has 0 bridgehead atoms. The molecule has 1 fully saturated rings. The van der Waals surface area contributed by atoms with Gasteiger partial charge in [0.05, 0.1) is 9.95 Å². The van der Waals surface area contributed by atoms with E-state index in [0.717, 1.165) is 6.07 Å². The van der Waals surface area contributed by atoms with E-state index >= 15 is 0 Å². The maximum atomic E-state index is 12.6. The van der Waals surface area contributed by atoms with Crippen molar-refractivity contribution < 1.29 is 13.3 Å². The Labute approximate surface area is 121 Å². The number of nitrogens with zero attached hydrogens (tertiary/aromatic N) is 2. The lowest BCUT2D eigenvalue weighted by Gasteiger charge is -2.32. The topological polar surface area (TPSA) is 92.6 Å². The molecule has 2 rings (SSSR count). The quantitative estimate of drug-likeness (QED) is 0.668. The number of nitrogens with one attached hydrogen (secondary N) is 1. The maximum absolute atomic E-state index is 12.6. The summed E-state index contributed by atoms with van der Waals surface area (Å²) in [5.74, 6) is 0. The third-order valence-electron chi connectivity index (χ3n) is 3.15. The Hall–Kier alpha value is -1.22. The minimum atomic E-state index is -3.84. The lowest BCUT2D eigenvalue weighted by atomic mass is 10.3. The molecule has 7 nitrogen and oxygen atoms in total. The molecule has 1 aromatic carbocycles. The zero-order valence-corrected chi connectivity index (χ0v) is 12.3. The summed E-state index contributed by atoms with van der Waals surface area (Å²) in [4.78, 5) is 9.91. The first-order valence-electron chi connectivity index (χ1n) is 6.00. The van der Waals surface area contributed by atoms with Gasteiger partial charge in [0.25, 0.3) is 5.69 Å². The molecule has 110 valence electrons. The Morgan fingerprint density at radius 3 is 2.80 bits per heavy atom. The first kappa shape index (κ1) is 15.2. The summed E-state index contributed by atoms with van der Waals surface area (Å²) in [6.07, 6.45) is 0. The van der Waals surface area contributed by atoms with Crippen LogP contribution in [-0.2, 0) is 10.0 Å². The minimum absolute atomic E-state index is 0.0127. The largest absolute Gasteiger partial charge is 0.314 e. The third-order valence-corrected chi connectivity index (χ3v) is 5.65. The van der Waals surface area contributed by atoms with Crippen LogP contribution < -0.4 is 5.32 Å². The van der Waals surface area contributed by atoms with Gasteiger partial charge in [0, 0.05) is 37.8 Å². The first-order valence-corrected chi connectivity index (χ1v) is 7.82. The van der Waals surface area contributed by atoms with E-state index in [-0.39, 0.29) is 21.6 Å². The van der Waals surface area contributed by atoms with Crippen LogP contribution in [-0.4, -0.2) is 43.3 Å². The van der Waals surface area contributed by atoms with Crippen molar-refractivity contribution in [3.05, 3.63) is 33.3 Å². The molecule has 1 aromatic rings. The van der Waals surface area contributed by atoms with Crippen LogP contribution in [0.5, 0.6) is 0 Å². The number of benzene rings is 1. The van der Waals surface area contributed by atoms with Gasteiger partial charge in [0.1, 0.15) is 4.90 Å². The SMILES string of the molecule is C[C@H]1CNCCN1S(=O)(=O)c1cc([N+](=O)[O-])ccc1Cl. The first-order chi connectivity index (χ1) is 9.34. The fourth-order valence-electron chi connectivity index (χ4n) is 2.11. The van der Waals surface area contributed by atoms with Gasteiger partial charge in [-0.2, -0.15) is 4.31 Å². The number of non-ortho nitro benzene ring substituents is 1. The van der Waals surface area contributed by atoms with Crippen LogP contribution in [0.1, 0.15) is 6.92 Å². The van der Waals surface area contributed by atoms with E-state index in [2.05, 4.69) is 5.32 Å². The van der Waals surface area contributed by atoms with Gasteiger partial charge >= 0.3 is 0 Å². The maximum Gasteiger partial charge on any atom is 0.270 e. The zero-order chi connectivity index (χ0) is 14.9. The fourth-order valence-corrected chi connectivity index (χ4v) is 4.24. The van der Waals surface area contributed by atoms with Crippen LogP contribution in [0.2, 0.25) is 5.02 Å². The highest BCUT2D eigenvalue weighted by Crippen LogP contribution is 2.29. The van der Waals surface area contributed by atoms with Crippen LogP contribution in [0.4, 0.5) is 5.69 Å². The number of piperazine rings is 1. The molecule has 1 saturated heterocycles. The Balaban J connectivity index is 2.48. The number of sulfonamides is 1. The van der Waals surface area contributed by atoms with Crippen molar-refractivity contribution in [3.8, 4) is 0 Å². The van der Waals surface area contributed by atoms with Gasteiger partial charge in [-0.15, -0.1) is 0 Å². The van der Waals surface area contributed by atoms with Crippen molar-refractivity contribution in [3.63, 3.8) is 0 Å². The Kier molecular flexibility index (Phi) is 4.28. The van der Waals surface area contributed by atoms with Gasteiger partial charge in [0.15, 0.2) is 0 Å². The van der Waals surface area contributed by atoms with Crippen molar-refractivity contribution in [2.24, 2.45) is 0 Å². The average molecular weight is 320 g/mol. The van der Waals surface area contributed by atoms with E-state index in [4.69, 9.17) is 11.6 Å². The predicted octanol–water partition coefficient (Wildman–Crippen LogP) is 1.23. The van der Waals surface area contributed by atoms with Crippen molar-refractivity contribution in [2.75, 3.05) is 19.6 Å². The predicted molar refractivity (Wildman–Crippen MR) is 74.3 cm³/mol. The average Bonchev–Trinajstić information content (AvgIpc) is 2.39. The standard InChI is InChI=1S/C11H14ClN3O4S/c1-8-7-13-4-5-14(8)20(18,19)11-6-9(15(16)17)2-3-10(11)12/h2-3,6,8,13H,4-5,7H2,1H3/t8-/m0/s1. The molecule has 0 aliphatic carbocycles. The highest BCUT2D eigenvalue weighted by molar-refractivity contribution is 7.89. The second-order valence-corrected chi connectivity index (χ2v) is 6.81. The van der Waals surface area contributed by atoms with Crippen molar-refractivity contribution in [1.82, 2.24) is 9.62 Å². The summed E-state index contributed by atoms with van der Waals surface area (Å²) in [6.45, 7) is 3.15. The molecular formula is C11H14ClN3O4S. The highest BCUT2D eigenvalue weighted by atomic mass is 35.5. The minimum Gasteiger partial charge on any atom is -0.314 e. The van der Waals surface area contributed by atoms with Crippen LogP contribution in [0.25, 0.3) is 0 Å². The zero-order valence-electron chi connectivity index (χ0n) is 10.7. The molecule has 1 aliphatic rings. The summed E-state index contributed by atoms with van der Waals surface area (Å²) in [6, 6.07) is 3.19. The smallest absolute Gasteiger partial charge is 0.270 e. The van der Waals surface area contributed by atoms with E-state index in [1.54, 1.807) is 6.92 Å². The van der Waals surface area contributed by atoms with Gasteiger partial charge in [0.2, 0.25) is 10.0 Å². The normalized spacial score (nSPS) is 20.8. The van der Waals surface area contributed by atoms with Crippen LogP contribution in [0.3, 0.4) is 0 Å². The summed E-state index contributed by atoms with van der Waals surface area (Å²) in [5.41, 5.74) is -0.296. The number of rotatable bonds is 3. The Morgan fingerprint density at radius 1 is 1.50 bits per heavy atom. The fraction of sp³-hybridized carbons (Fsp3) is 0.455. The molecule has 0 saturated carbocycles. The molecule has 0 spiro atoms. The number of nitro benzene ring substituents is 1. The van der Waals surface area contributed by atoms with Crippen LogP contribution in [0.15, 0.2) is 23.1 Å². The summed E-state index contributed by atoms with van der Waals surface area (Å²) < 4.78 is 26.5. The second-order valence-electron chi connectivity index (χ2n) is 4.54. The Bertz CT molecular complexity index is 635.